The van der Waals surface area contributed by atoms with Gasteiger partial charge < -0.3 is 14.7 Å². The summed E-state index contributed by atoms with van der Waals surface area (Å²) in [6.07, 6.45) is -1.01. The number of rotatable bonds is 6. The number of halogens is 3. The molecule has 2 aliphatic heterocycles. The number of nitrogens with one attached hydrogen (secondary N) is 1. The fourth-order valence-electron chi connectivity index (χ4n) is 3.65. The van der Waals surface area contributed by atoms with Crippen LogP contribution in [-0.4, -0.2) is 61.7 Å². The molecule has 0 aliphatic carbocycles. The maximum absolute atomic E-state index is 13.6. The molecule has 2 N–H and O–H groups in total. The number of benzene rings is 1. The normalized spacial score (nSPS) is 18.4. The average Bonchev–Trinajstić information content (AvgIpc) is 2.68. The van der Waals surface area contributed by atoms with E-state index in [1.165, 1.54) is 0 Å². The summed E-state index contributed by atoms with van der Waals surface area (Å²) in [5, 5.41) is 8.61. The number of carboxylic acids is 1. The van der Waals surface area contributed by atoms with Crippen LogP contribution in [0.5, 0.6) is 5.75 Å². The Morgan fingerprint density at radius 1 is 1.26 bits per heavy atom. The van der Waals surface area contributed by atoms with Crippen LogP contribution in [0.1, 0.15) is 37.7 Å². The SMILES string of the molecule is O=C(O)CS(=O)(=O)Nc1ccc(OC2CCN(C3=NCCCC3)CC2)c(C(F)(F)F)c1. The number of ether oxygens (including phenoxy) is 1. The Morgan fingerprint density at radius 3 is 2.55 bits per heavy atom. The third-order valence-corrected chi connectivity index (χ3v) is 6.25. The van der Waals surface area contributed by atoms with Gasteiger partial charge in [0.15, 0.2) is 5.75 Å². The van der Waals surface area contributed by atoms with Crippen LogP contribution in [0, 0.1) is 0 Å². The molecular weight excluding hydrogens is 439 g/mol. The lowest BCUT2D eigenvalue weighted by Gasteiger charge is -2.35. The van der Waals surface area contributed by atoms with E-state index >= 15 is 0 Å². The number of piperidine rings is 1. The highest BCUT2D eigenvalue weighted by Crippen LogP contribution is 2.39. The van der Waals surface area contributed by atoms with E-state index in [9.17, 15) is 26.4 Å². The Morgan fingerprint density at radius 2 is 1.97 bits per heavy atom. The molecule has 12 heteroatoms. The van der Waals surface area contributed by atoms with E-state index in [1.807, 2.05) is 4.72 Å². The summed E-state index contributed by atoms with van der Waals surface area (Å²) < 4.78 is 71.6. The summed E-state index contributed by atoms with van der Waals surface area (Å²) in [6.45, 7) is 2.11. The molecule has 1 fully saturated rings. The first kappa shape index (κ1) is 23.2. The standard InChI is InChI=1S/C19H24F3N3O5S/c20-19(21,22)15-11-13(24-31(28,29)12-18(26)27)4-5-16(15)30-14-6-9-25(10-7-14)17-3-1-2-8-23-17/h4-5,11,14,24H,1-3,6-10,12H2,(H,26,27). The van der Waals surface area contributed by atoms with Crippen molar-refractivity contribution in [2.45, 2.75) is 44.4 Å². The number of hydrogen-bond donors (Lipinski definition) is 2. The van der Waals surface area contributed by atoms with Crippen LogP contribution >= 0.6 is 0 Å². The minimum Gasteiger partial charge on any atom is -0.490 e. The van der Waals surface area contributed by atoms with Crippen LogP contribution in [0.2, 0.25) is 0 Å². The van der Waals surface area contributed by atoms with Crippen molar-refractivity contribution in [2.24, 2.45) is 4.99 Å². The van der Waals surface area contributed by atoms with Gasteiger partial charge in [-0.05, 0) is 31.0 Å². The summed E-state index contributed by atoms with van der Waals surface area (Å²) in [4.78, 5) is 17.3. The van der Waals surface area contributed by atoms with Gasteiger partial charge in [-0.3, -0.25) is 14.5 Å². The van der Waals surface area contributed by atoms with Crippen molar-refractivity contribution in [2.75, 3.05) is 30.1 Å². The predicted octanol–water partition coefficient (Wildman–Crippen LogP) is 2.96. The van der Waals surface area contributed by atoms with Crippen LogP contribution in [0.4, 0.5) is 18.9 Å². The summed E-state index contributed by atoms with van der Waals surface area (Å²) in [5.41, 5.74) is -1.51. The Hall–Kier alpha value is -2.50. The fourth-order valence-corrected chi connectivity index (χ4v) is 4.53. The number of carbonyl (C=O) groups is 1. The van der Waals surface area contributed by atoms with Crippen molar-refractivity contribution in [1.29, 1.82) is 0 Å². The van der Waals surface area contributed by atoms with Crippen LogP contribution in [0.3, 0.4) is 0 Å². The lowest BCUT2D eigenvalue weighted by atomic mass is 10.1. The van der Waals surface area contributed by atoms with Gasteiger partial charge >= 0.3 is 12.1 Å². The van der Waals surface area contributed by atoms with Crippen LogP contribution < -0.4 is 9.46 Å². The molecule has 0 spiro atoms. The lowest BCUT2D eigenvalue weighted by Crippen LogP contribution is -2.42. The van der Waals surface area contributed by atoms with Crippen molar-refractivity contribution < 1.29 is 36.2 Å². The monoisotopic (exact) mass is 463 g/mol. The molecule has 0 saturated carbocycles. The molecule has 1 aromatic rings. The van der Waals surface area contributed by atoms with Crippen molar-refractivity contribution in [3.63, 3.8) is 0 Å². The Bertz CT molecular complexity index is 942. The average molecular weight is 463 g/mol. The number of sulfonamides is 1. The largest absolute Gasteiger partial charge is 0.490 e. The van der Waals surface area contributed by atoms with E-state index in [1.54, 1.807) is 0 Å². The van der Waals surface area contributed by atoms with Crippen molar-refractivity contribution in [3.8, 4) is 5.75 Å². The van der Waals surface area contributed by atoms with Crippen LogP contribution in [-0.2, 0) is 21.0 Å². The highest BCUT2D eigenvalue weighted by Gasteiger charge is 2.36. The summed E-state index contributed by atoms with van der Waals surface area (Å²) in [7, 11) is -4.33. The lowest BCUT2D eigenvalue weighted by molar-refractivity contribution is -0.139. The second-order valence-electron chi connectivity index (χ2n) is 7.52. The zero-order chi connectivity index (χ0) is 22.6. The number of likely N-dealkylation sites (tertiary alicyclic amines) is 1. The van der Waals surface area contributed by atoms with Gasteiger partial charge in [-0.25, -0.2) is 8.42 Å². The second-order valence-corrected chi connectivity index (χ2v) is 9.25. The maximum atomic E-state index is 13.6. The molecule has 0 bridgehead atoms. The van der Waals surface area contributed by atoms with Gasteiger partial charge in [-0.2, -0.15) is 13.2 Å². The van der Waals surface area contributed by atoms with E-state index in [2.05, 4.69) is 9.89 Å². The maximum Gasteiger partial charge on any atom is 0.420 e. The Balaban J connectivity index is 1.69. The molecule has 0 aromatic heterocycles. The number of nitrogens with zero attached hydrogens (tertiary/aromatic N) is 2. The molecule has 0 radical (unpaired) electrons. The minimum atomic E-state index is -4.78. The number of aliphatic carboxylic acids is 1. The highest BCUT2D eigenvalue weighted by atomic mass is 32.2. The third kappa shape index (κ3) is 6.49. The van der Waals surface area contributed by atoms with Crippen LogP contribution in [0.15, 0.2) is 23.2 Å². The molecule has 2 heterocycles. The smallest absolute Gasteiger partial charge is 0.420 e. The van der Waals surface area contributed by atoms with Gasteiger partial charge in [-0.15, -0.1) is 0 Å². The second kappa shape index (κ2) is 9.33. The molecule has 0 unspecified atom stereocenters. The summed E-state index contributed by atoms with van der Waals surface area (Å²) in [5.74, 6) is -2.20. The first-order chi connectivity index (χ1) is 14.5. The van der Waals surface area contributed by atoms with E-state index in [0.717, 1.165) is 43.8 Å². The van der Waals surface area contributed by atoms with Crippen molar-refractivity contribution in [3.05, 3.63) is 23.8 Å². The molecule has 8 nitrogen and oxygen atoms in total. The van der Waals surface area contributed by atoms with Gasteiger partial charge in [0.05, 0.1) is 11.4 Å². The van der Waals surface area contributed by atoms with Crippen molar-refractivity contribution in [1.82, 2.24) is 4.90 Å². The number of carboxylic acid groups (broad SMARTS) is 1. The summed E-state index contributed by atoms with van der Waals surface area (Å²) >= 11 is 0. The van der Waals surface area contributed by atoms with Gasteiger partial charge in [0.2, 0.25) is 10.0 Å². The van der Waals surface area contributed by atoms with E-state index < -0.39 is 39.6 Å². The Labute approximate surface area is 178 Å². The topological polar surface area (TPSA) is 108 Å². The molecular formula is C19H24F3N3O5S. The first-order valence-electron chi connectivity index (χ1n) is 9.92. The minimum absolute atomic E-state index is 0.383. The molecule has 31 heavy (non-hydrogen) atoms. The van der Waals surface area contributed by atoms with E-state index in [0.29, 0.717) is 32.0 Å². The molecule has 3 rings (SSSR count). The van der Waals surface area contributed by atoms with Gasteiger partial charge in [0, 0.05) is 44.6 Å². The quantitative estimate of drug-likeness (QED) is 0.672. The molecule has 2 aliphatic rings. The number of aliphatic imine (C=N–C) groups is 1. The molecule has 172 valence electrons. The van der Waals surface area contributed by atoms with Crippen LogP contribution in [0.25, 0.3) is 0 Å². The Kier molecular flexibility index (Phi) is 6.97. The highest BCUT2D eigenvalue weighted by molar-refractivity contribution is 7.93. The third-order valence-electron chi connectivity index (χ3n) is 5.08. The number of amidine groups is 1. The van der Waals surface area contributed by atoms with Gasteiger partial charge in [-0.1, -0.05) is 0 Å². The number of anilines is 1. The van der Waals surface area contributed by atoms with Crippen molar-refractivity contribution >= 4 is 27.5 Å². The van der Waals surface area contributed by atoms with Gasteiger partial charge in [0.25, 0.3) is 0 Å². The van der Waals surface area contributed by atoms with E-state index in [-0.39, 0.29) is 11.4 Å². The van der Waals surface area contributed by atoms with E-state index in [4.69, 9.17) is 9.84 Å². The van der Waals surface area contributed by atoms with Gasteiger partial charge in [0.1, 0.15) is 11.9 Å². The molecule has 1 aromatic carbocycles. The molecule has 0 atom stereocenters. The summed E-state index contributed by atoms with van der Waals surface area (Å²) in [6, 6.07) is 2.79. The predicted molar refractivity (Wildman–Crippen MR) is 108 cm³/mol. The zero-order valence-corrected chi connectivity index (χ0v) is 17.5. The number of hydrogen-bond acceptors (Lipinski definition) is 6. The fraction of sp³-hybridized carbons (Fsp3) is 0.579. The first-order valence-corrected chi connectivity index (χ1v) is 11.6. The number of alkyl halides is 3. The zero-order valence-electron chi connectivity index (χ0n) is 16.7. The molecule has 1 saturated heterocycles. The molecule has 0 amide bonds.